The van der Waals surface area contributed by atoms with E-state index in [2.05, 4.69) is 4.98 Å². The summed E-state index contributed by atoms with van der Waals surface area (Å²) in [6, 6.07) is 17.5. The van der Waals surface area contributed by atoms with Crippen LogP contribution in [-0.2, 0) is 0 Å². The zero-order chi connectivity index (χ0) is 18.6. The highest BCUT2D eigenvalue weighted by Crippen LogP contribution is 2.27. The Morgan fingerprint density at radius 2 is 1.81 bits per heavy atom. The lowest BCUT2D eigenvalue weighted by Crippen LogP contribution is -2.39. The second-order valence-electron chi connectivity index (χ2n) is 6.77. The van der Waals surface area contributed by atoms with Crippen LogP contribution in [0.3, 0.4) is 0 Å². The highest BCUT2D eigenvalue weighted by molar-refractivity contribution is 5.94. The summed E-state index contributed by atoms with van der Waals surface area (Å²) in [7, 11) is 0. The van der Waals surface area contributed by atoms with Gasteiger partial charge < -0.3 is 4.90 Å². The Morgan fingerprint density at radius 3 is 2.59 bits per heavy atom. The highest BCUT2D eigenvalue weighted by atomic mass is 19.1. The van der Waals surface area contributed by atoms with Gasteiger partial charge in [-0.15, -0.1) is 0 Å². The van der Waals surface area contributed by atoms with Gasteiger partial charge in [-0.05, 0) is 43.2 Å². The number of likely N-dealkylation sites (tertiary alicyclic amines) is 1. The minimum absolute atomic E-state index is 0.0583. The van der Waals surface area contributed by atoms with Crippen LogP contribution < -0.4 is 0 Å². The number of hydrogen-bond donors (Lipinski definition) is 0. The van der Waals surface area contributed by atoms with E-state index in [-0.39, 0.29) is 17.6 Å². The van der Waals surface area contributed by atoms with Gasteiger partial charge in [-0.1, -0.05) is 30.3 Å². The Morgan fingerprint density at radius 1 is 1.04 bits per heavy atom. The van der Waals surface area contributed by atoms with Crippen molar-refractivity contribution < 1.29 is 9.18 Å². The third-order valence-corrected chi connectivity index (χ3v) is 4.93. The average Bonchev–Trinajstić information content (AvgIpc) is 2.75. The number of piperidine rings is 1. The number of benzene rings is 2. The van der Waals surface area contributed by atoms with Crippen molar-refractivity contribution >= 4 is 5.91 Å². The summed E-state index contributed by atoms with van der Waals surface area (Å²) < 4.78 is 13.1. The van der Waals surface area contributed by atoms with Gasteiger partial charge in [0.1, 0.15) is 5.82 Å². The predicted octanol–water partition coefficient (Wildman–Crippen LogP) is 4.30. The molecule has 0 spiro atoms. The van der Waals surface area contributed by atoms with E-state index in [1.165, 1.54) is 12.1 Å². The number of carbonyl (C=O) groups is 1. The molecule has 0 radical (unpaired) electrons. The first-order valence-corrected chi connectivity index (χ1v) is 9.14. The Bertz CT molecular complexity index is 928. The summed E-state index contributed by atoms with van der Waals surface area (Å²) in [6.07, 6.45) is 3.69. The van der Waals surface area contributed by atoms with Crippen molar-refractivity contribution in [1.29, 1.82) is 0 Å². The molecule has 1 aliphatic rings. The summed E-state index contributed by atoms with van der Waals surface area (Å²) in [4.78, 5) is 23.7. The molecule has 1 fully saturated rings. The van der Waals surface area contributed by atoms with Crippen LogP contribution in [0, 0.1) is 5.82 Å². The van der Waals surface area contributed by atoms with Crippen molar-refractivity contribution in [3.63, 3.8) is 0 Å². The van der Waals surface area contributed by atoms with Gasteiger partial charge in [0.2, 0.25) is 0 Å². The standard InChI is InChI=1S/C22H20FN3O/c23-19-10-8-17(9-11-19)22(27)26-14-4-7-18(15-26)20-12-13-24-21(25-20)16-5-2-1-3-6-16/h1-3,5-6,8-13,18H,4,7,14-15H2. The number of nitrogens with zero attached hydrogens (tertiary/aromatic N) is 3. The van der Waals surface area contributed by atoms with Crippen molar-refractivity contribution in [2.24, 2.45) is 0 Å². The molecule has 2 heterocycles. The topological polar surface area (TPSA) is 46.1 Å². The Kier molecular flexibility index (Phi) is 4.92. The van der Waals surface area contributed by atoms with Crippen LogP contribution in [0.4, 0.5) is 4.39 Å². The van der Waals surface area contributed by atoms with Gasteiger partial charge in [0.05, 0.1) is 0 Å². The first kappa shape index (κ1) is 17.3. The minimum Gasteiger partial charge on any atom is -0.338 e. The number of carbonyl (C=O) groups excluding carboxylic acids is 1. The molecule has 4 rings (SSSR count). The van der Waals surface area contributed by atoms with E-state index in [9.17, 15) is 9.18 Å². The van der Waals surface area contributed by atoms with Crippen molar-refractivity contribution in [3.05, 3.63) is 83.9 Å². The Labute approximate surface area is 157 Å². The molecule has 1 amide bonds. The van der Waals surface area contributed by atoms with Gasteiger partial charge in [0, 0.05) is 42.0 Å². The molecule has 5 heteroatoms. The van der Waals surface area contributed by atoms with E-state index in [1.807, 2.05) is 41.3 Å². The first-order valence-electron chi connectivity index (χ1n) is 9.14. The third-order valence-electron chi connectivity index (χ3n) is 4.93. The van der Waals surface area contributed by atoms with Crippen LogP contribution in [0.1, 0.15) is 34.8 Å². The first-order chi connectivity index (χ1) is 13.2. The molecule has 3 aromatic rings. The molecule has 1 atom stereocenters. The number of aromatic nitrogens is 2. The summed E-state index contributed by atoms with van der Waals surface area (Å²) >= 11 is 0. The van der Waals surface area contributed by atoms with Crippen molar-refractivity contribution in [1.82, 2.24) is 14.9 Å². The molecule has 1 aliphatic heterocycles. The molecular formula is C22H20FN3O. The summed E-state index contributed by atoms with van der Waals surface area (Å²) in [5.74, 6) is 0.484. The van der Waals surface area contributed by atoms with Gasteiger partial charge in [-0.3, -0.25) is 4.79 Å². The van der Waals surface area contributed by atoms with E-state index in [0.29, 0.717) is 24.5 Å². The maximum absolute atomic E-state index is 13.1. The van der Waals surface area contributed by atoms with Crippen molar-refractivity contribution in [3.8, 4) is 11.4 Å². The van der Waals surface area contributed by atoms with Crippen molar-refractivity contribution in [2.75, 3.05) is 13.1 Å². The van der Waals surface area contributed by atoms with E-state index >= 15 is 0 Å². The number of hydrogen-bond acceptors (Lipinski definition) is 3. The lowest BCUT2D eigenvalue weighted by molar-refractivity contribution is 0.0706. The van der Waals surface area contributed by atoms with E-state index in [4.69, 9.17) is 4.98 Å². The van der Waals surface area contributed by atoms with Crippen LogP contribution >= 0.6 is 0 Å². The van der Waals surface area contributed by atoms with Gasteiger partial charge in [0.25, 0.3) is 5.91 Å². The van der Waals surface area contributed by atoms with E-state index < -0.39 is 0 Å². The molecular weight excluding hydrogens is 341 g/mol. The second-order valence-corrected chi connectivity index (χ2v) is 6.77. The smallest absolute Gasteiger partial charge is 0.253 e. The van der Waals surface area contributed by atoms with Gasteiger partial charge in [-0.2, -0.15) is 0 Å². The van der Waals surface area contributed by atoms with Gasteiger partial charge >= 0.3 is 0 Å². The molecule has 0 aliphatic carbocycles. The lowest BCUT2D eigenvalue weighted by Gasteiger charge is -2.32. The lowest BCUT2D eigenvalue weighted by atomic mass is 9.94. The molecule has 136 valence electrons. The predicted molar refractivity (Wildman–Crippen MR) is 102 cm³/mol. The maximum Gasteiger partial charge on any atom is 0.253 e. The van der Waals surface area contributed by atoms with Gasteiger partial charge in [-0.25, -0.2) is 14.4 Å². The fraction of sp³-hybridized carbons (Fsp3) is 0.227. The van der Waals surface area contributed by atoms with Crippen LogP contribution in [0.5, 0.6) is 0 Å². The molecule has 4 nitrogen and oxygen atoms in total. The summed E-state index contributed by atoms with van der Waals surface area (Å²) in [6.45, 7) is 1.32. The Hall–Kier alpha value is -3.08. The van der Waals surface area contributed by atoms with Crippen LogP contribution in [0.2, 0.25) is 0 Å². The second kappa shape index (κ2) is 7.66. The summed E-state index contributed by atoms with van der Waals surface area (Å²) in [5.41, 5.74) is 2.46. The largest absolute Gasteiger partial charge is 0.338 e. The molecule has 1 aromatic heterocycles. The zero-order valence-electron chi connectivity index (χ0n) is 14.9. The van der Waals surface area contributed by atoms with Crippen molar-refractivity contribution in [2.45, 2.75) is 18.8 Å². The van der Waals surface area contributed by atoms with E-state index in [0.717, 1.165) is 24.1 Å². The fourth-order valence-electron chi connectivity index (χ4n) is 3.50. The molecule has 0 bridgehead atoms. The molecule has 0 saturated carbocycles. The quantitative estimate of drug-likeness (QED) is 0.699. The molecule has 27 heavy (non-hydrogen) atoms. The Balaban J connectivity index is 1.53. The molecule has 1 unspecified atom stereocenters. The normalized spacial score (nSPS) is 16.9. The minimum atomic E-state index is -0.336. The van der Waals surface area contributed by atoms with Gasteiger partial charge in [0.15, 0.2) is 5.82 Å². The maximum atomic E-state index is 13.1. The number of halogens is 1. The molecule has 0 N–H and O–H groups in total. The third kappa shape index (κ3) is 3.87. The highest BCUT2D eigenvalue weighted by Gasteiger charge is 2.26. The number of amides is 1. The molecule has 1 saturated heterocycles. The summed E-state index contributed by atoms with van der Waals surface area (Å²) in [5, 5.41) is 0. The SMILES string of the molecule is O=C(c1ccc(F)cc1)N1CCCC(c2ccnc(-c3ccccc3)n2)C1. The monoisotopic (exact) mass is 361 g/mol. The van der Waals surface area contributed by atoms with Crippen LogP contribution in [-0.4, -0.2) is 33.9 Å². The zero-order valence-corrected chi connectivity index (χ0v) is 14.9. The average molecular weight is 361 g/mol. The fourth-order valence-corrected chi connectivity index (χ4v) is 3.50. The number of rotatable bonds is 3. The van der Waals surface area contributed by atoms with E-state index in [1.54, 1.807) is 18.3 Å². The van der Waals surface area contributed by atoms with Crippen LogP contribution in [0.25, 0.3) is 11.4 Å². The molecule has 2 aromatic carbocycles. The van der Waals surface area contributed by atoms with Crippen LogP contribution in [0.15, 0.2) is 66.9 Å².